The van der Waals surface area contributed by atoms with E-state index in [0.717, 1.165) is 44.0 Å². The van der Waals surface area contributed by atoms with Crippen molar-refractivity contribution in [2.75, 3.05) is 36.4 Å². The molecule has 6 nitrogen and oxygen atoms in total. The molecule has 1 N–H and O–H groups in total. The molecule has 24 heavy (non-hydrogen) atoms. The highest BCUT2D eigenvalue weighted by Gasteiger charge is 2.23. The van der Waals surface area contributed by atoms with Gasteiger partial charge >= 0.3 is 6.03 Å². The van der Waals surface area contributed by atoms with E-state index < -0.39 is 0 Å². The van der Waals surface area contributed by atoms with E-state index in [-0.39, 0.29) is 6.03 Å². The Morgan fingerprint density at radius 3 is 2.75 bits per heavy atom. The second-order valence-electron chi connectivity index (χ2n) is 6.20. The second-order valence-corrected chi connectivity index (χ2v) is 7.13. The van der Waals surface area contributed by atoms with E-state index in [1.165, 1.54) is 5.00 Å². The molecule has 0 radical (unpaired) electrons. The predicted molar refractivity (Wildman–Crippen MR) is 99.1 cm³/mol. The number of hydrogen-bond acceptors (Lipinski definition) is 4. The van der Waals surface area contributed by atoms with Crippen LogP contribution in [0.5, 0.6) is 0 Å². The van der Waals surface area contributed by atoms with Crippen LogP contribution < -0.4 is 10.2 Å². The Bertz CT molecular complexity index is 673. The van der Waals surface area contributed by atoms with Gasteiger partial charge in [0.2, 0.25) is 0 Å². The third kappa shape index (κ3) is 3.40. The topological polar surface area (TPSA) is 53.4 Å². The first-order chi connectivity index (χ1) is 11.6. The quantitative estimate of drug-likeness (QED) is 0.920. The minimum absolute atomic E-state index is 0.0346. The number of aromatic nitrogens is 2. The fraction of sp³-hybridized carbons (Fsp3) is 0.529. The van der Waals surface area contributed by atoms with Crippen LogP contribution in [-0.4, -0.2) is 46.9 Å². The molecule has 0 aromatic carbocycles. The van der Waals surface area contributed by atoms with Crippen LogP contribution in [0.1, 0.15) is 32.0 Å². The summed E-state index contributed by atoms with van der Waals surface area (Å²) in [6.45, 7) is 9.50. The molecule has 2 aromatic heterocycles. The number of nitrogens with one attached hydrogen (secondary N) is 1. The molecule has 2 aromatic rings. The number of anilines is 2. The summed E-state index contributed by atoms with van der Waals surface area (Å²) in [6, 6.07) is 4.50. The molecule has 3 heterocycles. The van der Waals surface area contributed by atoms with Gasteiger partial charge in [-0.15, -0.1) is 11.3 Å². The number of nitrogens with zero attached hydrogens (tertiary/aromatic N) is 4. The normalized spacial score (nSPS) is 16.3. The van der Waals surface area contributed by atoms with Gasteiger partial charge in [-0.05, 0) is 37.8 Å². The number of thiophene rings is 1. The van der Waals surface area contributed by atoms with Crippen LogP contribution in [0.3, 0.4) is 0 Å². The first kappa shape index (κ1) is 16.8. The van der Waals surface area contributed by atoms with Gasteiger partial charge in [-0.25, -0.2) is 4.79 Å². The van der Waals surface area contributed by atoms with Crippen LogP contribution in [0.2, 0.25) is 0 Å². The van der Waals surface area contributed by atoms with E-state index in [0.29, 0.717) is 6.04 Å². The summed E-state index contributed by atoms with van der Waals surface area (Å²) < 4.78 is 1.98. The predicted octanol–water partition coefficient (Wildman–Crippen LogP) is 3.58. The molecule has 130 valence electrons. The van der Waals surface area contributed by atoms with Crippen LogP contribution >= 0.6 is 11.3 Å². The molecular weight excluding hydrogens is 322 g/mol. The van der Waals surface area contributed by atoms with E-state index in [1.54, 1.807) is 17.5 Å². The highest BCUT2D eigenvalue weighted by Crippen LogP contribution is 2.23. The van der Waals surface area contributed by atoms with E-state index in [2.05, 4.69) is 46.7 Å². The Morgan fingerprint density at radius 1 is 1.38 bits per heavy atom. The lowest BCUT2D eigenvalue weighted by molar-refractivity contribution is 0.208. The molecule has 2 amide bonds. The molecule has 0 aliphatic carbocycles. The molecule has 0 unspecified atom stereocenters. The summed E-state index contributed by atoms with van der Waals surface area (Å²) in [4.78, 5) is 16.7. The van der Waals surface area contributed by atoms with Gasteiger partial charge in [0.1, 0.15) is 0 Å². The van der Waals surface area contributed by atoms with Gasteiger partial charge in [-0.2, -0.15) is 5.10 Å². The second kappa shape index (κ2) is 7.25. The van der Waals surface area contributed by atoms with Crippen molar-refractivity contribution < 1.29 is 4.79 Å². The van der Waals surface area contributed by atoms with Crippen molar-refractivity contribution in [3.8, 4) is 0 Å². The van der Waals surface area contributed by atoms with E-state index in [1.807, 2.05) is 16.5 Å². The smallest absolute Gasteiger partial charge is 0.322 e. The zero-order valence-electron chi connectivity index (χ0n) is 14.5. The number of piperazine rings is 1. The van der Waals surface area contributed by atoms with Crippen LogP contribution in [0.4, 0.5) is 15.5 Å². The van der Waals surface area contributed by atoms with Crippen LogP contribution in [-0.2, 0) is 0 Å². The summed E-state index contributed by atoms with van der Waals surface area (Å²) in [6.07, 6.45) is 2.77. The zero-order valence-corrected chi connectivity index (χ0v) is 15.3. The highest BCUT2D eigenvalue weighted by atomic mass is 32.1. The monoisotopic (exact) mass is 347 g/mol. The molecule has 0 bridgehead atoms. The maximum atomic E-state index is 12.5. The fourth-order valence-corrected chi connectivity index (χ4v) is 3.72. The van der Waals surface area contributed by atoms with Gasteiger partial charge in [0.05, 0.1) is 22.6 Å². The van der Waals surface area contributed by atoms with Gasteiger partial charge in [-0.1, -0.05) is 6.92 Å². The van der Waals surface area contributed by atoms with Crippen LogP contribution in [0.15, 0.2) is 23.7 Å². The van der Waals surface area contributed by atoms with Crippen molar-refractivity contribution in [1.29, 1.82) is 0 Å². The Balaban J connectivity index is 1.57. The van der Waals surface area contributed by atoms with Crippen LogP contribution in [0.25, 0.3) is 0 Å². The summed E-state index contributed by atoms with van der Waals surface area (Å²) in [5.74, 6) is 0. The molecule has 1 fully saturated rings. The number of carbonyl (C=O) groups is 1. The van der Waals surface area contributed by atoms with Crippen molar-refractivity contribution >= 4 is 28.1 Å². The number of rotatable bonds is 4. The van der Waals surface area contributed by atoms with Gasteiger partial charge in [0, 0.05) is 32.2 Å². The van der Waals surface area contributed by atoms with Gasteiger partial charge < -0.3 is 15.1 Å². The average molecular weight is 347 g/mol. The first-order valence-corrected chi connectivity index (χ1v) is 9.36. The molecule has 1 aliphatic rings. The standard InChI is InChI=1S/C17H25N5OS/c1-4-13(2)22-14(3)15(12-18-22)19-17(23)21-9-7-20(8-10-21)16-6-5-11-24-16/h5-6,11-13H,4,7-10H2,1-3H3,(H,19,23)/t13-/m0/s1. The van der Waals surface area contributed by atoms with Crippen molar-refractivity contribution in [3.63, 3.8) is 0 Å². The fourth-order valence-electron chi connectivity index (χ4n) is 2.94. The van der Waals surface area contributed by atoms with E-state index in [4.69, 9.17) is 0 Å². The Kier molecular flexibility index (Phi) is 5.08. The third-order valence-corrected chi connectivity index (χ3v) is 5.61. The summed E-state index contributed by atoms with van der Waals surface area (Å²) in [5, 5.41) is 10.8. The van der Waals surface area contributed by atoms with E-state index >= 15 is 0 Å². The number of amides is 2. The number of hydrogen-bond donors (Lipinski definition) is 1. The molecule has 1 aliphatic heterocycles. The largest absolute Gasteiger partial charge is 0.360 e. The third-order valence-electron chi connectivity index (χ3n) is 4.68. The Morgan fingerprint density at radius 2 is 2.12 bits per heavy atom. The summed E-state index contributed by atoms with van der Waals surface area (Å²) in [7, 11) is 0. The lowest BCUT2D eigenvalue weighted by Crippen LogP contribution is -2.50. The molecule has 0 saturated carbocycles. The molecular formula is C17H25N5OS. The van der Waals surface area contributed by atoms with E-state index in [9.17, 15) is 4.79 Å². The number of urea groups is 1. The molecule has 1 atom stereocenters. The molecule has 1 saturated heterocycles. The highest BCUT2D eigenvalue weighted by molar-refractivity contribution is 7.14. The van der Waals surface area contributed by atoms with Crippen molar-refractivity contribution in [1.82, 2.24) is 14.7 Å². The Labute approximate surface area is 147 Å². The Hall–Kier alpha value is -2.02. The summed E-state index contributed by atoms with van der Waals surface area (Å²) >= 11 is 1.75. The maximum absolute atomic E-state index is 12.5. The average Bonchev–Trinajstić information content (AvgIpc) is 3.25. The van der Waals surface area contributed by atoms with Crippen molar-refractivity contribution in [2.45, 2.75) is 33.2 Å². The minimum atomic E-state index is -0.0346. The lowest BCUT2D eigenvalue weighted by atomic mass is 10.2. The van der Waals surface area contributed by atoms with Gasteiger partial charge in [0.15, 0.2) is 0 Å². The SMILES string of the molecule is CC[C@H](C)n1ncc(NC(=O)N2CCN(c3cccs3)CC2)c1C. The first-order valence-electron chi connectivity index (χ1n) is 8.48. The van der Waals surface area contributed by atoms with Crippen molar-refractivity contribution in [2.24, 2.45) is 0 Å². The van der Waals surface area contributed by atoms with Crippen molar-refractivity contribution in [3.05, 3.63) is 29.4 Å². The molecule has 0 spiro atoms. The molecule has 3 rings (SSSR count). The van der Waals surface area contributed by atoms with Gasteiger partial charge in [-0.3, -0.25) is 4.68 Å². The maximum Gasteiger partial charge on any atom is 0.322 e. The van der Waals surface area contributed by atoms with Crippen LogP contribution in [0, 0.1) is 6.92 Å². The molecule has 7 heteroatoms. The summed E-state index contributed by atoms with van der Waals surface area (Å²) in [5.41, 5.74) is 1.82. The zero-order chi connectivity index (χ0) is 17.1. The number of carbonyl (C=O) groups excluding carboxylic acids is 1. The van der Waals surface area contributed by atoms with Gasteiger partial charge in [0.25, 0.3) is 0 Å². The minimum Gasteiger partial charge on any atom is -0.360 e. The lowest BCUT2D eigenvalue weighted by Gasteiger charge is -2.35.